The Morgan fingerprint density at radius 3 is 1.83 bits per heavy atom. The van der Waals surface area contributed by atoms with Crippen LogP contribution in [0, 0.1) is 0 Å². The normalized spacial score (nSPS) is 40.0. The van der Waals surface area contributed by atoms with E-state index in [1.54, 1.807) is 0 Å². The maximum atomic E-state index is 2.43. The van der Waals surface area contributed by atoms with E-state index in [0.717, 1.165) is 8.55 Å². The fraction of sp³-hybridized carbons (Fsp3) is 0. The summed E-state index contributed by atoms with van der Waals surface area (Å²) < 4.78 is 0. The van der Waals surface area contributed by atoms with Crippen LogP contribution in [0.2, 0.25) is 0 Å². The van der Waals surface area contributed by atoms with Crippen molar-refractivity contribution in [3.8, 4) is 0 Å². The molecule has 0 aliphatic carbocycles. The van der Waals surface area contributed by atoms with Crippen molar-refractivity contribution in [3.63, 3.8) is 0 Å². The maximum absolute atomic E-state index is 2.43. The van der Waals surface area contributed by atoms with Crippen molar-refractivity contribution in [1.82, 2.24) is 0 Å². The minimum Gasteiger partial charge on any atom is -0.213 e. The van der Waals surface area contributed by atoms with Gasteiger partial charge in [-0.3, -0.25) is 0 Å². The SMILES string of the molecule is [SiH2]1[SiH2]S[SiH2]S[SiH2]1. The Morgan fingerprint density at radius 1 is 1.00 bits per heavy atom. The van der Waals surface area contributed by atoms with Gasteiger partial charge in [-0.25, -0.2) is 21.3 Å². The average Bonchev–Trinajstić information content (AvgIpc) is 1.72. The Bertz CT molecular complexity index is 21.0. The second kappa shape index (κ2) is 3.55. The summed E-state index contributed by atoms with van der Waals surface area (Å²) in [4.78, 5) is 0. The minimum absolute atomic E-state index is 0.500. The molecule has 0 atom stereocenters. The molecule has 1 saturated heterocycles. The zero-order valence-corrected chi connectivity index (χ0v) is 10.9. The molecule has 0 bridgehead atoms. The van der Waals surface area contributed by atoms with Gasteiger partial charge in [-0.2, -0.15) is 0 Å². The zero-order valence-electron chi connectivity index (χ0n) is 3.64. The smallest absolute Gasteiger partial charge is 0.130 e. The number of rotatable bonds is 0. The molecule has 0 saturated carbocycles. The van der Waals surface area contributed by atoms with Crippen LogP contribution >= 0.6 is 21.3 Å². The highest BCUT2D eigenvalue weighted by Gasteiger charge is 1.98. The molecule has 1 aliphatic rings. The molecule has 0 radical (unpaired) electrons. The van der Waals surface area contributed by atoms with Gasteiger partial charge in [-0.1, -0.05) is 0 Å². The van der Waals surface area contributed by atoms with E-state index in [1.807, 2.05) is 0 Å². The van der Waals surface area contributed by atoms with Gasteiger partial charge < -0.3 is 0 Å². The Morgan fingerprint density at radius 2 is 1.67 bits per heavy atom. The molecule has 0 spiro atoms. The molecule has 0 amide bonds. The fourth-order valence-electron chi connectivity index (χ4n) is 0.440. The Kier molecular flexibility index (Phi) is 3.38. The summed E-state index contributed by atoms with van der Waals surface area (Å²) in [7, 11) is 7.44. The van der Waals surface area contributed by atoms with E-state index in [0.29, 0.717) is 24.2 Å². The molecule has 0 nitrogen and oxygen atoms in total. The van der Waals surface area contributed by atoms with E-state index >= 15 is 0 Å². The van der Waals surface area contributed by atoms with Crippen molar-refractivity contribution in [1.29, 1.82) is 0 Å². The lowest BCUT2D eigenvalue weighted by atomic mass is 26.5. The van der Waals surface area contributed by atoms with Crippen molar-refractivity contribution < 1.29 is 0 Å². The summed E-state index contributed by atoms with van der Waals surface area (Å²) in [6.07, 6.45) is 0. The lowest BCUT2D eigenvalue weighted by molar-refractivity contribution is 4.10. The molecule has 1 fully saturated rings. The molecule has 0 aromatic carbocycles. The Balaban J connectivity index is 2.00. The van der Waals surface area contributed by atoms with E-state index in [1.165, 1.54) is 0 Å². The van der Waals surface area contributed by atoms with Crippen molar-refractivity contribution in [2.24, 2.45) is 0 Å². The van der Waals surface area contributed by atoms with Crippen LogP contribution in [0.5, 0.6) is 0 Å². The predicted octanol–water partition coefficient (Wildman–Crippen LogP) is -2.37. The van der Waals surface area contributed by atoms with Crippen molar-refractivity contribution in [2.75, 3.05) is 0 Å². The van der Waals surface area contributed by atoms with E-state index in [4.69, 9.17) is 0 Å². The van der Waals surface area contributed by atoms with E-state index in [-0.39, 0.29) is 0 Å². The molecule has 0 N–H and O–H groups in total. The Hall–Kier alpha value is 1.57. The van der Waals surface area contributed by atoms with E-state index < -0.39 is 0 Å². The molecule has 0 aromatic rings. The molecule has 0 unspecified atom stereocenters. The molecule has 6 heteroatoms. The Labute approximate surface area is 54.1 Å². The van der Waals surface area contributed by atoms with Gasteiger partial charge in [0, 0.05) is 8.55 Å². The minimum atomic E-state index is 0.500. The van der Waals surface area contributed by atoms with Gasteiger partial charge in [0.25, 0.3) is 0 Å². The lowest BCUT2D eigenvalue weighted by Crippen LogP contribution is -2.13. The number of hydrogen-bond acceptors (Lipinski definition) is 2. The summed E-state index contributed by atoms with van der Waals surface area (Å²) in [6.45, 7) is 0. The highest BCUT2D eigenvalue weighted by Crippen LogP contribution is 2.08. The summed E-state index contributed by atoms with van der Waals surface area (Å²) in [5, 5.41) is 0. The summed E-state index contributed by atoms with van der Waals surface area (Å²) in [5.41, 5.74) is 0. The summed E-state index contributed by atoms with van der Waals surface area (Å²) in [6, 6.07) is 0. The molecule has 6 heavy (non-hydrogen) atoms. The van der Waals surface area contributed by atoms with Crippen LogP contribution in [0.3, 0.4) is 0 Å². The van der Waals surface area contributed by atoms with Gasteiger partial charge in [0.05, 0.1) is 16.4 Å². The standard InChI is InChI=1S/H8S2Si4/c1-3-2-5-6-4-1/h3-6H2. The summed E-state index contributed by atoms with van der Waals surface area (Å²) >= 11 is 0. The van der Waals surface area contributed by atoms with Crippen LogP contribution in [-0.4, -0.2) is 32.7 Å². The molecular formula is H8S2Si4. The topological polar surface area (TPSA) is 0 Å². The van der Waals surface area contributed by atoms with Gasteiger partial charge in [-0.15, -0.1) is 0 Å². The maximum Gasteiger partial charge on any atom is 0.130 e. The third kappa shape index (κ3) is 2.03. The third-order valence-corrected chi connectivity index (χ3v) is 60.3. The largest absolute Gasteiger partial charge is 0.213 e. The first-order valence-corrected chi connectivity index (χ1v) is 19.4. The van der Waals surface area contributed by atoms with Crippen LogP contribution in [-0.2, 0) is 0 Å². The van der Waals surface area contributed by atoms with Crippen molar-refractivity contribution in [3.05, 3.63) is 0 Å². The fourth-order valence-corrected chi connectivity index (χ4v) is 107. The second-order valence-electron chi connectivity index (χ2n) is 1.29. The van der Waals surface area contributed by atoms with Gasteiger partial charge >= 0.3 is 0 Å². The third-order valence-electron chi connectivity index (χ3n) is 0.744. The molecule has 1 aliphatic heterocycles. The molecule has 0 aromatic heterocycles. The van der Waals surface area contributed by atoms with Crippen molar-refractivity contribution >= 4 is 54.1 Å². The van der Waals surface area contributed by atoms with Gasteiger partial charge in [-0.05, 0) is 0 Å². The van der Waals surface area contributed by atoms with Crippen LogP contribution < -0.4 is 0 Å². The van der Waals surface area contributed by atoms with E-state index in [2.05, 4.69) is 21.3 Å². The summed E-state index contributed by atoms with van der Waals surface area (Å²) in [5.74, 6) is 0. The first-order valence-electron chi connectivity index (χ1n) is 2.15. The first-order chi connectivity index (χ1) is 3.00. The monoisotopic (exact) mass is 184 g/mol. The second-order valence-corrected chi connectivity index (χ2v) is 34.8. The predicted molar refractivity (Wildman–Crippen MR) is 49.4 cm³/mol. The zero-order chi connectivity index (χ0) is 4.24. The molecule has 1 heterocycles. The van der Waals surface area contributed by atoms with Gasteiger partial charge in [0.15, 0.2) is 0 Å². The average molecular weight is 185 g/mol. The first kappa shape index (κ1) is 5.70. The van der Waals surface area contributed by atoms with Crippen molar-refractivity contribution in [2.45, 2.75) is 0 Å². The van der Waals surface area contributed by atoms with Gasteiger partial charge in [0.1, 0.15) is 7.82 Å². The highest BCUT2D eigenvalue weighted by molar-refractivity contribution is 8.71. The molecule has 1 rings (SSSR count). The lowest BCUT2D eigenvalue weighted by Gasteiger charge is -2.03. The quantitative estimate of drug-likeness (QED) is 0.386. The molecule has 36 valence electrons. The van der Waals surface area contributed by atoms with E-state index in [9.17, 15) is 0 Å². The van der Waals surface area contributed by atoms with Gasteiger partial charge in [0.2, 0.25) is 0 Å². The molecular weight excluding hydrogens is 176 g/mol. The number of hydrogen-bond donors (Lipinski definition) is 0. The highest BCUT2D eigenvalue weighted by atomic mass is 32.7. The van der Waals surface area contributed by atoms with Crippen LogP contribution in [0.4, 0.5) is 0 Å². The van der Waals surface area contributed by atoms with Crippen LogP contribution in [0.25, 0.3) is 0 Å². The van der Waals surface area contributed by atoms with Crippen LogP contribution in [0.1, 0.15) is 0 Å². The van der Waals surface area contributed by atoms with Crippen LogP contribution in [0.15, 0.2) is 0 Å².